The van der Waals surface area contributed by atoms with Crippen LogP contribution in [0.15, 0.2) is 10.7 Å². The minimum atomic E-state index is -0.203. The van der Waals surface area contributed by atoms with Crippen molar-refractivity contribution >= 4 is 15.9 Å². The lowest BCUT2D eigenvalue weighted by Crippen LogP contribution is -2.16. The second-order valence-corrected chi connectivity index (χ2v) is 4.98. The van der Waals surface area contributed by atoms with E-state index in [2.05, 4.69) is 20.9 Å². The van der Waals surface area contributed by atoms with Crippen molar-refractivity contribution in [3.05, 3.63) is 27.7 Å². The van der Waals surface area contributed by atoms with Gasteiger partial charge in [0.25, 0.3) is 0 Å². The highest BCUT2D eigenvalue weighted by molar-refractivity contribution is 9.10. The van der Waals surface area contributed by atoms with E-state index >= 15 is 0 Å². The minimum absolute atomic E-state index is 0.194. The van der Waals surface area contributed by atoms with Crippen LogP contribution in [0.2, 0.25) is 0 Å². The maximum Gasteiger partial charge on any atom is 0.144 e. The number of halogens is 2. The van der Waals surface area contributed by atoms with Gasteiger partial charge < -0.3 is 0 Å². The Morgan fingerprint density at radius 3 is 2.31 bits per heavy atom. The van der Waals surface area contributed by atoms with Crippen molar-refractivity contribution in [2.24, 2.45) is 0 Å². The van der Waals surface area contributed by atoms with Gasteiger partial charge in [0.2, 0.25) is 0 Å². The fourth-order valence-corrected chi connectivity index (χ4v) is 1.73. The van der Waals surface area contributed by atoms with Crippen molar-refractivity contribution in [3.63, 3.8) is 0 Å². The van der Waals surface area contributed by atoms with Crippen molar-refractivity contribution in [2.75, 3.05) is 0 Å². The molecule has 0 saturated carbocycles. The highest BCUT2D eigenvalue weighted by Crippen LogP contribution is 2.30. The molecule has 0 N–H and O–H groups in total. The molecule has 0 aliphatic rings. The predicted octanol–water partition coefficient (Wildman–Crippen LogP) is 3.59. The van der Waals surface area contributed by atoms with Gasteiger partial charge in [-0.15, -0.1) is 0 Å². The molecule has 0 amide bonds. The van der Waals surface area contributed by atoms with Crippen LogP contribution in [0.25, 0.3) is 0 Å². The fourth-order valence-electron chi connectivity index (χ4n) is 1.42. The molecule has 0 spiro atoms. The van der Waals surface area contributed by atoms with E-state index in [0.29, 0.717) is 10.0 Å². The van der Waals surface area contributed by atoms with Crippen molar-refractivity contribution in [1.82, 2.24) is 4.98 Å². The first-order valence-corrected chi connectivity index (χ1v) is 4.94. The zero-order chi connectivity index (χ0) is 10.2. The first-order valence-electron chi connectivity index (χ1n) is 4.15. The second-order valence-electron chi connectivity index (χ2n) is 4.13. The van der Waals surface area contributed by atoms with Gasteiger partial charge in [0.15, 0.2) is 0 Å². The number of nitrogens with zero attached hydrogens (tertiary/aromatic N) is 1. The molecule has 0 bridgehead atoms. The summed E-state index contributed by atoms with van der Waals surface area (Å²) in [5.41, 5.74) is 1.24. The third-order valence-corrected chi connectivity index (χ3v) is 2.47. The first kappa shape index (κ1) is 10.6. The monoisotopic (exact) mass is 245 g/mol. The molecule has 0 atom stereocenters. The van der Waals surface area contributed by atoms with E-state index in [1.54, 1.807) is 0 Å². The molecule has 0 radical (unpaired) electrons. The van der Waals surface area contributed by atoms with E-state index in [-0.39, 0.29) is 11.2 Å². The third-order valence-electron chi connectivity index (χ3n) is 1.91. The summed E-state index contributed by atoms with van der Waals surface area (Å²) in [5, 5.41) is 0. The molecule has 0 fully saturated rings. The van der Waals surface area contributed by atoms with Crippen LogP contribution in [0.1, 0.15) is 32.0 Å². The Hall–Kier alpha value is -0.440. The summed E-state index contributed by atoms with van der Waals surface area (Å²) in [6.45, 7) is 7.77. The van der Waals surface area contributed by atoms with Crippen LogP contribution in [-0.2, 0) is 5.41 Å². The molecule has 1 aromatic heterocycles. The summed E-state index contributed by atoms with van der Waals surface area (Å²) in [6.07, 6.45) is 1.50. The molecule has 0 saturated heterocycles. The summed E-state index contributed by atoms with van der Waals surface area (Å²) >= 11 is 3.14. The largest absolute Gasteiger partial charge is 0.260 e. The average Bonchev–Trinajstić information content (AvgIpc) is 1.95. The summed E-state index contributed by atoms with van der Waals surface area (Å²) in [7, 11) is 0. The predicted molar refractivity (Wildman–Crippen MR) is 55.3 cm³/mol. The van der Waals surface area contributed by atoms with E-state index < -0.39 is 0 Å². The van der Waals surface area contributed by atoms with Crippen LogP contribution < -0.4 is 0 Å². The van der Waals surface area contributed by atoms with Crippen LogP contribution in [0, 0.1) is 12.7 Å². The summed E-state index contributed by atoms with van der Waals surface area (Å²) < 4.78 is 14.1. The van der Waals surface area contributed by atoms with Gasteiger partial charge in [0.05, 0.1) is 4.47 Å². The van der Waals surface area contributed by atoms with Crippen LogP contribution in [-0.4, -0.2) is 4.98 Å². The van der Waals surface area contributed by atoms with Gasteiger partial charge in [-0.05, 0) is 28.3 Å². The Bertz CT molecular complexity index is 328. The number of pyridine rings is 1. The standard InChI is InChI=1S/C10H13BrFN/c1-6-8(10(2,3)4)9(12)7(11)5-13-6/h5H,1-4H3. The van der Waals surface area contributed by atoms with E-state index in [0.717, 1.165) is 5.69 Å². The lowest BCUT2D eigenvalue weighted by atomic mass is 9.86. The molecular formula is C10H13BrFN. The molecule has 1 rings (SSSR count). The van der Waals surface area contributed by atoms with Crippen LogP contribution in [0.5, 0.6) is 0 Å². The summed E-state index contributed by atoms with van der Waals surface area (Å²) in [4.78, 5) is 4.12. The van der Waals surface area contributed by atoms with E-state index in [1.807, 2.05) is 27.7 Å². The lowest BCUT2D eigenvalue weighted by Gasteiger charge is -2.21. The normalized spacial score (nSPS) is 11.8. The minimum Gasteiger partial charge on any atom is -0.260 e. The Balaban J connectivity index is 3.43. The molecule has 0 aliphatic heterocycles. The van der Waals surface area contributed by atoms with Crippen molar-refractivity contribution in [2.45, 2.75) is 33.1 Å². The first-order chi connectivity index (χ1) is 5.84. The molecule has 72 valence electrons. The van der Waals surface area contributed by atoms with Gasteiger partial charge in [-0.2, -0.15) is 0 Å². The molecule has 1 heterocycles. The molecule has 0 aromatic carbocycles. The zero-order valence-electron chi connectivity index (χ0n) is 8.28. The maximum absolute atomic E-state index is 13.7. The van der Waals surface area contributed by atoms with Crippen LogP contribution in [0.4, 0.5) is 4.39 Å². The Morgan fingerprint density at radius 2 is 1.92 bits per heavy atom. The summed E-state index contributed by atoms with van der Waals surface area (Å²) in [6, 6.07) is 0. The molecule has 0 unspecified atom stereocenters. The van der Waals surface area contributed by atoms with Gasteiger partial charge in [0, 0.05) is 17.5 Å². The molecule has 3 heteroatoms. The third kappa shape index (κ3) is 2.08. The van der Waals surface area contributed by atoms with Gasteiger partial charge in [-0.1, -0.05) is 20.8 Å². The fraction of sp³-hybridized carbons (Fsp3) is 0.500. The molecule has 13 heavy (non-hydrogen) atoms. The number of hydrogen-bond acceptors (Lipinski definition) is 1. The van der Waals surface area contributed by atoms with Crippen LogP contribution in [0.3, 0.4) is 0 Å². The van der Waals surface area contributed by atoms with Crippen molar-refractivity contribution in [1.29, 1.82) is 0 Å². The highest BCUT2D eigenvalue weighted by Gasteiger charge is 2.23. The molecular weight excluding hydrogens is 233 g/mol. The smallest absolute Gasteiger partial charge is 0.144 e. The number of aromatic nitrogens is 1. The number of hydrogen-bond donors (Lipinski definition) is 0. The lowest BCUT2D eigenvalue weighted by molar-refractivity contribution is 0.511. The molecule has 0 aliphatic carbocycles. The van der Waals surface area contributed by atoms with Gasteiger partial charge in [-0.25, -0.2) is 4.39 Å². The Kier molecular flexibility index (Phi) is 2.76. The van der Waals surface area contributed by atoms with Crippen molar-refractivity contribution < 1.29 is 4.39 Å². The average molecular weight is 246 g/mol. The van der Waals surface area contributed by atoms with Gasteiger partial charge in [0.1, 0.15) is 5.82 Å². The van der Waals surface area contributed by atoms with Crippen LogP contribution >= 0.6 is 15.9 Å². The SMILES string of the molecule is Cc1ncc(Br)c(F)c1C(C)(C)C. The molecule has 1 nitrogen and oxygen atoms in total. The topological polar surface area (TPSA) is 12.9 Å². The van der Waals surface area contributed by atoms with E-state index in [1.165, 1.54) is 6.20 Å². The Labute approximate surface area is 86.5 Å². The molecule has 1 aromatic rings. The quantitative estimate of drug-likeness (QED) is 0.681. The van der Waals surface area contributed by atoms with E-state index in [9.17, 15) is 4.39 Å². The van der Waals surface area contributed by atoms with E-state index in [4.69, 9.17) is 0 Å². The maximum atomic E-state index is 13.7. The number of rotatable bonds is 0. The van der Waals surface area contributed by atoms with Gasteiger partial charge in [-0.3, -0.25) is 4.98 Å². The number of aryl methyl sites for hydroxylation is 1. The second kappa shape index (κ2) is 3.37. The van der Waals surface area contributed by atoms with Crippen molar-refractivity contribution in [3.8, 4) is 0 Å². The highest BCUT2D eigenvalue weighted by atomic mass is 79.9. The Morgan fingerprint density at radius 1 is 1.38 bits per heavy atom. The summed E-state index contributed by atoms with van der Waals surface area (Å²) in [5.74, 6) is -0.194. The zero-order valence-corrected chi connectivity index (χ0v) is 9.87. The van der Waals surface area contributed by atoms with Gasteiger partial charge >= 0.3 is 0 Å².